The van der Waals surface area contributed by atoms with E-state index in [1.165, 1.54) is 0 Å². The van der Waals surface area contributed by atoms with Gasteiger partial charge in [-0.3, -0.25) is 4.90 Å². The average molecular weight is 314 g/mol. The lowest BCUT2D eigenvalue weighted by Gasteiger charge is -2.34. The molecule has 4 nitrogen and oxygen atoms in total. The lowest BCUT2D eigenvalue weighted by atomic mass is 10.1. The molecule has 1 aliphatic heterocycles. The van der Waals surface area contributed by atoms with Crippen LogP contribution < -0.4 is 5.73 Å². The molecule has 1 heterocycles. The largest absolute Gasteiger partial charge is 0.326 e. The van der Waals surface area contributed by atoms with Crippen molar-refractivity contribution in [3.63, 3.8) is 0 Å². The highest BCUT2D eigenvalue weighted by molar-refractivity contribution is 8.01. The summed E-state index contributed by atoms with van der Waals surface area (Å²) in [6.45, 7) is 3.78. The zero-order valence-electron chi connectivity index (χ0n) is 11.8. The summed E-state index contributed by atoms with van der Waals surface area (Å²) in [6, 6.07) is 8.11. The van der Waals surface area contributed by atoms with Crippen molar-refractivity contribution >= 4 is 21.6 Å². The quantitative estimate of drug-likeness (QED) is 0.891. The highest BCUT2D eigenvalue weighted by Crippen LogP contribution is 2.23. The first kappa shape index (κ1) is 15.8. The molecule has 1 unspecified atom stereocenters. The fourth-order valence-corrected chi connectivity index (χ4v) is 5.41. The van der Waals surface area contributed by atoms with E-state index in [1.54, 1.807) is 18.7 Å². The van der Waals surface area contributed by atoms with E-state index in [0.717, 1.165) is 23.4 Å². The van der Waals surface area contributed by atoms with Crippen LogP contribution in [-0.4, -0.2) is 42.5 Å². The van der Waals surface area contributed by atoms with E-state index in [-0.39, 0.29) is 11.1 Å². The number of benzene rings is 1. The molecule has 1 aliphatic rings. The van der Waals surface area contributed by atoms with Gasteiger partial charge in [-0.1, -0.05) is 31.2 Å². The van der Waals surface area contributed by atoms with Gasteiger partial charge in [0.15, 0.2) is 9.84 Å². The molecule has 6 heteroatoms. The van der Waals surface area contributed by atoms with Gasteiger partial charge >= 0.3 is 0 Å². The molecule has 0 spiro atoms. The fourth-order valence-electron chi connectivity index (χ4n) is 2.33. The van der Waals surface area contributed by atoms with Crippen molar-refractivity contribution in [3.05, 3.63) is 35.4 Å². The van der Waals surface area contributed by atoms with Gasteiger partial charge in [0.1, 0.15) is 5.37 Å². The second-order valence-electron chi connectivity index (χ2n) is 4.97. The first-order valence-corrected chi connectivity index (χ1v) is 9.75. The molecule has 1 aromatic rings. The predicted octanol–water partition coefficient (Wildman–Crippen LogP) is 1.45. The molecule has 1 aromatic carbocycles. The third-order valence-corrected chi connectivity index (χ3v) is 6.98. The minimum atomic E-state index is -3.02. The van der Waals surface area contributed by atoms with Crippen LogP contribution in [0.2, 0.25) is 0 Å². The van der Waals surface area contributed by atoms with Crippen molar-refractivity contribution in [3.8, 4) is 0 Å². The third-order valence-electron chi connectivity index (χ3n) is 3.65. The lowest BCUT2D eigenvalue weighted by molar-refractivity contribution is 0.261. The predicted molar refractivity (Wildman–Crippen MR) is 85.3 cm³/mol. The molecule has 0 bridgehead atoms. The lowest BCUT2D eigenvalue weighted by Crippen LogP contribution is -2.47. The Hall–Kier alpha value is -0.560. The molecule has 0 aromatic heterocycles. The molecular weight excluding hydrogens is 292 g/mol. The normalized spacial score (nSPS) is 21.0. The number of nitrogens with two attached hydrogens (primary N) is 1. The molecule has 0 aliphatic carbocycles. The Balaban J connectivity index is 2.12. The van der Waals surface area contributed by atoms with Gasteiger partial charge in [-0.2, -0.15) is 11.8 Å². The Kier molecular flexibility index (Phi) is 5.49. The maximum atomic E-state index is 12.2. The summed E-state index contributed by atoms with van der Waals surface area (Å²) in [5.41, 5.74) is 7.83. The van der Waals surface area contributed by atoms with Gasteiger partial charge in [0.05, 0.1) is 0 Å². The number of thioether (sulfide) groups is 1. The van der Waals surface area contributed by atoms with E-state index in [0.29, 0.717) is 18.8 Å². The maximum Gasteiger partial charge on any atom is 0.166 e. The van der Waals surface area contributed by atoms with Gasteiger partial charge in [-0.15, -0.1) is 0 Å². The van der Waals surface area contributed by atoms with Crippen LogP contribution in [0, 0.1) is 0 Å². The topological polar surface area (TPSA) is 63.4 Å². The molecule has 0 radical (unpaired) electrons. The summed E-state index contributed by atoms with van der Waals surface area (Å²) < 4.78 is 24.4. The van der Waals surface area contributed by atoms with Gasteiger partial charge in [0.2, 0.25) is 0 Å². The monoisotopic (exact) mass is 314 g/mol. The van der Waals surface area contributed by atoms with Crippen LogP contribution in [0.25, 0.3) is 0 Å². The fraction of sp³-hybridized carbons (Fsp3) is 0.571. The molecule has 1 fully saturated rings. The summed E-state index contributed by atoms with van der Waals surface area (Å²) in [5, 5.41) is -0.347. The highest BCUT2D eigenvalue weighted by Gasteiger charge is 2.32. The van der Waals surface area contributed by atoms with Crippen LogP contribution in [0.15, 0.2) is 24.3 Å². The molecule has 2 N–H and O–H groups in total. The molecule has 20 heavy (non-hydrogen) atoms. The van der Waals surface area contributed by atoms with Crippen molar-refractivity contribution in [1.82, 2.24) is 4.90 Å². The maximum absolute atomic E-state index is 12.2. The van der Waals surface area contributed by atoms with Crippen LogP contribution in [0.5, 0.6) is 0 Å². The van der Waals surface area contributed by atoms with Crippen molar-refractivity contribution in [2.24, 2.45) is 5.73 Å². The summed E-state index contributed by atoms with van der Waals surface area (Å²) in [7, 11) is -3.02. The summed E-state index contributed by atoms with van der Waals surface area (Å²) in [5.74, 6) is 1.88. The number of hydrogen-bond donors (Lipinski definition) is 1. The number of rotatable bonds is 5. The van der Waals surface area contributed by atoms with Crippen LogP contribution in [-0.2, 0) is 22.9 Å². The Morgan fingerprint density at radius 3 is 2.55 bits per heavy atom. The van der Waals surface area contributed by atoms with E-state index in [2.05, 4.69) is 4.90 Å². The molecule has 0 amide bonds. The molecule has 112 valence electrons. The van der Waals surface area contributed by atoms with Gasteiger partial charge in [0.25, 0.3) is 0 Å². The minimum Gasteiger partial charge on any atom is -0.326 e. The van der Waals surface area contributed by atoms with E-state index >= 15 is 0 Å². The van der Waals surface area contributed by atoms with Crippen LogP contribution in [0.3, 0.4) is 0 Å². The van der Waals surface area contributed by atoms with Gasteiger partial charge in [-0.25, -0.2) is 8.42 Å². The zero-order chi connectivity index (χ0) is 14.6. The van der Waals surface area contributed by atoms with E-state index < -0.39 is 9.84 Å². The van der Waals surface area contributed by atoms with Crippen molar-refractivity contribution in [1.29, 1.82) is 0 Å². The Morgan fingerprint density at radius 1 is 1.30 bits per heavy atom. The van der Waals surface area contributed by atoms with Gasteiger partial charge in [0, 0.05) is 36.9 Å². The average Bonchev–Trinajstić information content (AvgIpc) is 2.48. The smallest absolute Gasteiger partial charge is 0.166 e. The van der Waals surface area contributed by atoms with Crippen molar-refractivity contribution in [2.45, 2.75) is 25.4 Å². The van der Waals surface area contributed by atoms with E-state index in [9.17, 15) is 8.42 Å². The third kappa shape index (κ3) is 3.75. The Morgan fingerprint density at radius 2 is 1.95 bits per heavy atom. The van der Waals surface area contributed by atoms with Crippen LogP contribution >= 0.6 is 11.8 Å². The molecule has 0 saturated carbocycles. The van der Waals surface area contributed by atoms with Crippen LogP contribution in [0.4, 0.5) is 0 Å². The standard InChI is InChI=1S/C14H22N2O2S2/c1-2-20(17,18)14-11-19-8-7-16(14)10-13-5-3-12(9-15)4-6-13/h3-6,14H,2,7-11,15H2,1H3. The highest BCUT2D eigenvalue weighted by atomic mass is 32.2. The number of sulfone groups is 1. The molecule has 1 saturated heterocycles. The first-order chi connectivity index (χ1) is 9.56. The van der Waals surface area contributed by atoms with Gasteiger partial charge in [-0.05, 0) is 11.1 Å². The van der Waals surface area contributed by atoms with E-state index in [4.69, 9.17) is 5.73 Å². The summed E-state index contributed by atoms with van der Waals surface area (Å²) in [6.07, 6.45) is 0. The summed E-state index contributed by atoms with van der Waals surface area (Å²) >= 11 is 1.73. The van der Waals surface area contributed by atoms with Gasteiger partial charge < -0.3 is 5.73 Å². The van der Waals surface area contributed by atoms with Crippen molar-refractivity contribution < 1.29 is 8.42 Å². The number of hydrogen-bond acceptors (Lipinski definition) is 5. The zero-order valence-corrected chi connectivity index (χ0v) is 13.4. The molecule has 2 rings (SSSR count). The number of nitrogens with zero attached hydrogens (tertiary/aromatic N) is 1. The summed E-state index contributed by atoms with van der Waals surface area (Å²) in [4.78, 5) is 2.09. The molecule has 1 atom stereocenters. The van der Waals surface area contributed by atoms with E-state index in [1.807, 2.05) is 24.3 Å². The van der Waals surface area contributed by atoms with Crippen molar-refractivity contribution in [2.75, 3.05) is 23.8 Å². The Labute approximate surface area is 125 Å². The molecular formula is C14H22N2O2S2. The van der Waals surface area contributed by atoms with Crippen LogP contribution in [0.1, 0.15) is 18.1 Å². The SMILES string of the molecule is CCS(=O)(=O)C1CSCCN1Cc1ccc(CN)cc1. The second-order valence-corrected chi connectivity index (χ2v) is 8.57. The Bertz CT molecular complexity index is 529. The second kappa shape index (κ2) is 6.93. The minimum absolute atomic E-state index is 0.209. The first-order valence-electron chi connectivity index (χ1n) is 6.88.